The summed E-state index contributed by atoms with van der Waals surface area (Å²) in [5.74, 6) is 0.520. The molecule has 0 fully saturated rings. The van der Waals surface area contributed by atoms with E-state index in [0.29, 0.717) is 17.9 Å². The van der Waals surface area contributed by atoms with Gasteiger partial charge in [-0.1, -0.05) is 6.07 Å². The first-order valence-electron chi connectivity index (χ1n) is 5.88. The van der Waals surface area contributed by atoms with Crippen molar-refractivity contribution >= 4 is 0 Å². The predicted molar refractivity (Wildman–Crippen MR) is 70.5 cm³/mol. The van der Waals surface area contributed by atoms with Crippen LogP contribution < -0.4 is 10.9 Å². The number of aromatic nitrogens is 3. The van der Waals surface area contributed by atoms with Crippen molar-refractivity contribution < 1.29 is 0 Å². The van der Waals surface area contributed by atoms with E-state index < -0.39 is 0 Å². The van der Waals surface area contributed by atoms with Crippen molar-refractivity contribution in [2.45, 2.75) is 13.3 Å². The number of nitrogens with one attached hydrogen (secondary N) is 2. The Labute approximate surface area is 105 Å². The zero-order chi connectivity index (χ0) is 13.0. The molecule has 18 heavy (non-hydrogen) atoms. The Balaban J connectivity index is 2.40. The van der Waals surface area contributed by atoms with Gasteiger partial charge < -0.3 is 10.3 Å². The molecule has 0 saturated heterocycles. The highest BCUT2D eigenvalue weighted by molar-refractivity contribution is 5.48. The molecule has 0 radical (unpaired) electrons. The molecule has 2 rings (SSSR count). The summed E-state index contributed by atoms with van der Waals surface area (Å²) in [5.41, 5.74) is 2.08. The van der Waals surface area contributed by atoms with Gasteiger partial charge in [0.05, 0.1) is 0 Å². The lowest BCUT2D eigenvalue weighted by molar-refractivity contribution is 0.774. The molecule has 0 spiro atoms. The van der Waals surface area contributed by atoms with E-state index in [-0.39, 0.29) is 5.56 Å². The molecule has 0 aliphatic rings. The van der Waals surface area contributed by atoms with Crippen LogP contribution in [-0.4, -0.2) is 28.5 Å². The van der Waals surface area contributed by atoms with Gasteiger partial charge in [-0.2, -0.15) is 0 Å². The highest BCUT2D eigenvalue weighted by atomic mass is 16.1. The van der Waals surface area contributed by atoms with Crippen LogP contribution in [-0.2, 0) is 6.42 Å². The number of aryl methyl sites for hydroxylation is 1. The molecule has 0 aromatic carbocycles. The molecule has 0 unspecified atom stereocenters. The third-order valence-electron chi connectivity index (χ3n) is 2.75. The maximum absolute atomic E-state index is 12.0. The Hall–Kier alpha value is -2.01. The SMILES string of the molecule is CNCCc1c(C)nc(-c2ccccn2)[nH]c1=O. The molecule has 2 aromatic rings. The van der Waals surface area contributed by atoms with E-state index >= 15 is 0 Å². The summed E-state index contributed by atoms with van der Waals surface area (Å²) < 4.78 is 0. The first-order chi connectivity index (χ1) is 8.72. The number of hydrogen-bond donors (Lipinski definition) is 2. The van der Waals surface area contributed by atoms with Crippen LogP contribution in [0.4, 0.5) is 0 Å². The Morgan fingerprint density at radius 1 is 1.39 bits per heavy atom. The number of rotatable bonds is 4. The Bertz CT molecular complexity index is 577. The topological polar surface area (TPSA) is 70.7 Å². The number of H-pyrrole nitrogens is 1. The van der Waals surface area contributed by atoms with Crippen molar-refractivity contribution in [3.8, 4) is 11.5 Å². The van der Waals surface area contributed by atoms with Gasteiger partial charge in [-0.3, -0.25) is 9.78 Å². The summed E-state index contributed by atoms with van der Waals surface area (Å²) in [5, 5.41) is 3.02. The monoisotopic (exact) mass is 244 g/mol. The molecule has 2 N–H and O–H groups in total. The molecule has 2 heterocycles. The second-order valence-electron chi connectivity index (χ2n) is 4.05. The summed E-state index contributed by atoms with van der Waals surface area (Å²) in [7, 11) is 1.86. The van der Waals surface area contributed by atoms with Gasteiger partial charge in [-0.15, -0.1) is 0 Å². The van der Waals surface area contributed by atoms with E-state index in [9.17, 15) is 4.79 Å². The van der Waals surface area contributed by atoms with Gasteiger partial charge in [0, 0.05) is 17.5 Å². The van der Waals surface area contributed by atoms with Crippen LogP contribution in [0.15, 0.2) is 29.2 Å². The first kappa shape index (κ1) is 12.4. The Kier molecular flexibility index (Phi) is 3.84. The van der Waals surface area contributed by atoms with E-state index in [2.05, 4.69) is 20.3 Å². The second-order valence-corrected chi connectivity index (χ2v) is 4.05. The molecule has 0 amide bonds. The zero-order valence-electron chi connectivity index (χ0n) is 10.5. The number of likely N-dealkylation sites (N-methyl/N-ethyl adjacent to an activating group) is 1. The summed E-state index contributed by atoms with van der Waals surface area (Å²) in [6, 6.07) is 5.52. The molecule has 5 heteroatoms. The molecule has 94 valence electrons. The smallest absolute Gasteiger partial charge is 0.254 e. The molecule has 0 aliphatic heterocycles. The molecule has 5 nitrogen and oxygen atoms in total. The van der Waals surface area contributed by atoms with E-state index in [0.717, 1.165) is 17.8 Å². The minimum Gasteiger partial charge on any atom is -0.319 e. The van der Waals surface area contributed by atoms with Crippen LogP contribution in [0.5, 0.6) is 0 Å². The largest absolute Gasteiger partial charge is 0.319 e. The standard InChI is InChI=1S/C13H16N4O/c1-9-10(6-8-14-2)13(18)17-12(16-9)11-5-3-4-7-15-11/h3-5,7,14H,6,8H2,1-2H3,(H,16,17,18). The normalized spacial score (nSPS) is 10.6. The van der Waals surface area contributed by atoms with Crippen LogP contribution in [0.3, 0.4) is 0 Å². The van der Waals surface area contributed by atoms with Gasteiger partial charge in [-0.05, 0) is 39.1 Å². The average molecular weight is 244 g/mol. The molecule has 0 atom stereocenters. The number of pyridine rings is 1. The summed E-state index contributed by atoms with van der Waals surface area (Å²) in [6.45, 7) is 2.61. The predicted octanol–water partition coefficient (Wildman–Crippen LogP) is 0.902. The fourth-order valence-electron chi connectivity index (χ4n) is 1.78. The van der Waals surface area contributed by atoms with E-state index in [1.807, 2.05) is 32.2 Å². The zero-order valence-corrected chi connectivity index (χ0v) is 10.5. The highest BCUT2D eigenvalue weighted by Crippen LogP contribution is 2.10. The number of nitrogens with zero attached hydrogens (tertiary/aromatic N) is 2. The van der Waals surface area contributed by atoms with Gasteiger partial charge in [0.2, 0.25) is 0 Å². The van der Waals surface area contributed by atoms with Crippen LogP contribution >= 0.6 is 0 Å². The van der Waals surface area contributed by atoms with Gasteiger partial charge in [0.25, 0.3) is 5.56 Å². The molecule has 0 bridgehead atoms. The second kappa shape index (κ2) is 5.55. The lowest BCUT2D eigenvalue weighted by atomic mass is 10.1. The summed E-state index contributed by atoms with van der Waals surface area (Å²) in [6.07, 6.45) is 2.35. The van der Waals surface area contributed by atoms with Crippen molar-refractivity contribution in [1.82, 2.24) is 20.3 Å². The fourth-order valence-corrected chi connectivity index (χ4v) is 1.78. The minimum absolute atomic E-state index is 0.0848. The molecule has 0 saturated carbocycles. The maximum atomic E-state index is 12.0. The average Bonchev–Trinajstić information content (AvgIpc) is 2.39. The Morgan fingerprint density at radius 2 is 2.22 bits per heavy atom. The molecular formula is C13H16N4O. The third-order valence-corrected chi connectivity index (χ3v) is 2.75. The van der Waals surface area contributed by atoms with Gasteiger partial charge in [0.1, 0.15) is 5.69 Å². The highest BCUT2D eigenvalue weighted by Gasteiger charge is 2.09. The summed E-state index contributed by atoms with van der Waals surface area (Å²) in [4.78, 5) is 23.4. The number of hydrogen-bond acceptors (Lipinski definition) is 4. The number of aromatic amines is 1. The van der Waals surface area contributed by atoms with Crippen molar-refractivity contribution in [1.29, 1.82) is 0 Å². The minimum atomic E-state index is -0.0848. The molecule has 0 aliphatic carbocycles. The Morgan fingerprint density at radius 3 is 2.83 bits per heavy atom. The third kappa shape index (κ3) is 2.62. The van der Waals surface area contributed by atoms with E-state index in [4.69, 9.17) is 0 Å². The van der Waals surface area contributed by atoms with Crippen molar-refractivity contribution in [2.75, 3.05) is 13.6 Å². The first-order valence-corrected chi connectivity index (χ1v) is 5.88. The summed E-state index contributed by atoms with van der Waals surface area (Å²) >= 11 is 0. The quantitative estimate of drug-likeness (QED) is 0.838. The van der Waals surface area contributed by atoms with Crippen molar-refractivity contribution in [3.63, 3.8) is 0 Å². The van der Waals surface area contributed by atoms with Crippen LogP contribution in [0.25, 0.3) is 11.5 Å². The lowest BCUT2D eigenvalue weighted by Gasteiger charge is -2.06. The van der Waals surface area contributed by atoms with E-state index in [1.54, 1.807) is 6.20 Å². The molecule has 2 aromatic heterocycles. The van der Waals surface area contributed by atoms with Gasteiger partial charge >= 0.3 is 0 Å². The van der Waals surface area contributed by atoms with Gasteiger partial charge in [-0.25, -0.2) is 4.98 Å². The maximum Gasteiger partial charge on any atom is 0.254 e. The van der Waals surface area contributed by atoms with Crippen LogP contribution in [0, 0.1) is 6.92 Å². The van der Waals surface area contributed by atoms with Gasteiger partial charge in [0.15, 0.2) is 5.82 Å². The lowest BCUT2D eigenvalue weighted by Crippen LogP contribution is -2.21. The van der Waals surface area contributed by atoms with Crippen molar-refractivity contribution in [2.24, 2.45) is 0 Å². The van der Waals surface area contributed by atoms with Crippen LogP contribution in [0.1, 0.15) is 11.3 Å². The van der Waals surface area contributed by atoms with E-state index in [1.165, 1.54) is 0 Å². The van der Waals surface area contributed by atoms with Crippen molar-refractivity contribution in [3.05, 3.63) is 46.0 Å². The van der Waals surface area contributed by atoms with Crippen LogP contribution in [0.2, 0.25) is 0 Å². The fraction of sp³-hybridized carbons (Fsp3) is 0.308. The molecular weight excluding hydrogens is 228 g/mol.